The summed E-state index contributed by atoms with van der Waals surface area (Å²) in [5.74, 6) is -0.386. The van der Waals surface area contributed by atoms with E-state index >= 15 is 0 Å². The van der Waals surface area contributed by atoms with Crippen LogP contribution in [0.3, 0.4) is 0 Å². The predicted octanol–water partition coefficient (Wildman–Crippen LogP) is 6.35. The molecule has 4 nitrogen and oxygen atoms in total. The molecule has 3 aromatic carbocycles. The van der Waals surface area contributed by atoms with Gasteiger partial charge in [-0.15, -0.1) is 0 Å². The van der Waals surface area contributed by atoms with Crippen LogP contribution < -0.4 is 5.32 Å². The van der Waals surface area contributed by atoms with Gasteiger partial charge in [0, 0.05) is 24.0 Å². The third-order valence-corrected chi connectivity index (χ3v) is 6.30. The first kappa shape index (κ1) is 26.1. The van der Waals surface area contributed by atoms with Crippen LogP contribution in [0, 0.1) is 0 Å². The van der Waals surface area contributed by atoms with Gasteiger partial charge < -0.3 is 10.2 Å². The van der Waals surface area contributed by atoms with Crippen molar-refractivity contribution in [1.29, 1.82) is 0 Å². The summed E-state index contributed by atoms with van der Waals surface area (Å²) in [6.45, 7) is 4.07. The Balaban J connectivity index is 1.97. The van der Waals surface area contributed by atoms with Crippen LogP contribution in [0.25, 0.3) is 0 Å². The minimum absolute atomic E-state index is 0.0617. The number of nitrogens with one attached hydrogen (secondary N) is 1. The normalized spacial score (nSPS) is 11.8. The highest BCUT2D eigenvalue weighted by Gasteiger charge is 2.30. The molecular weight excluding hydrogens is 491 g/mol. The number of benzene rings is 3. The molecule has 34 heavy (non-hydrogen) atoms. The number of hydrogen-bond donors (Lipinski definition) is 1. The van der Waals surface area contributed by atoms with Gasteiger partial charge in [0.25, 0.3) is 0 Å². The highest BCUT2D eigenvalue weighted by Crippen LogP contribution is 2.24. The summed E-state index contributed by atoms with van der Waals surface area (Å²) in [5, 5.41) is 4.40. The number of carbonyl (C=O) groups excluding carboxylic acids is 2. The summed E-state index contributed by atoms with van der Waals surface area (Å²) in [7, 11) is 0. The summed E-state index contributed by atoms with van der Waals surface area (Å²) >= 11 is 18.3. The van der Waals surface area contributed by atoms with Crippen molar-refractivity contribution in [2.45, 2.75) is 45.3 Å². The minimum Gasteiger partial charge on any atom is -0.352 e. The monoisotopic (exact) mass is 516 g/mol. The fourth-order valence-electron chi connectivity index (χ4n) is 3.65. The second-order valence-corrected chi connectivity index (χ2v) is 9.69. The lowest BCUT2D eigenvalue weighted by Gasteiger charge is -2.32. The standard InChI is InChI=1S/C27H27Cl3N2O2/c1-18(2)31-27(34)25(15-19-6-4-3-5-7-19)32(17-20-8-11-22(28)12-9-20)26(33)16-21-10-13-23(29)24(30)14-21/h3-14,18,25H,15-17H2,1-2H3,(H,31,34)/t25-/m1/s1. The Morgan fingerprint density at radius 1 is 0.824 bits per heavy atom. The molecule has 0 radical (unpaired) electrons. The third-order valence-electron chi connectivity index (χ3n) is 5.31. The van der Waals surface area contributed by atoms with Crippen LogP contribution in [0.15, 0.2) is 72.8 Å². The lowest BCUT2D eigenvalue weighted by molar-refractivity contribution is -0.141. The average molecular weight is 518 g/mol. The highest BCUT2D eigenvalue weighted by molar-refractivity contribution is 6.42. The van der Waals surface area contributed by atoms with E-state index in [4.69, 9.17) is 34.8 Å². The molecule has 2 amide bonds. The summed E-state index contributed by atoms with van der Waals surface area (Å²) in [5.41, 5.74) is 2.57. The SMILES string of the molecule is CC(C)NC(=O)[C@@H](Cc1ccccc1)N(Cc1ccc(Cl)cc1)C(=O)Cc1ccc(Cl)c(Cl)c1. The van der Waals surface area contributed by atoms with E-state index in [2.05, 4.69) is 5.32 Å². The Morgan fingerprint density at radius 3 is 2.09 bits per heavy atom. The maximum absolute atomic E-state index is 13.6. The van der Waals surface area contributed by atoms with Gasteiger partial charge in [0.05, 0.1) is 16.5 Å². The summed E-state index contributed by atoms with van der Waals surface area (Å²) in [6.07, 6.45) is 0.477. The molecule has 0 saturated heterocycles. The van der Waals surface area contributed by atoms with Crippen LogP contribution in [0.1, 0.15) is 30.5 Å². The predicted molar refractivity (Wildman–Crippen MR) is 139 cm³/mol. The molecule has 0 unspecified atom stereocenters. The first-order valence-corrected chi connectivity index (χ1v) is 12.2. The van der Waals surface area contributed by atoms with Crippen LogP contribution in [-0.4, -0.2) is 28.8 Å². The zero-order chi connectivity index (χ0) is 24.7. The van der Waals surface area contributed by atoms with Gasteiger partial charge in [-0.25, -0.2) is 0 Å². The first-order valence-electron chi connectivity index (χ1n) is 11.0. The van der Waals surface area contributed by atoms with Crippen LogP contribution in [0.2, 0.25) is 15.1 Å². The number of amides is 2. The fraction of sp³-hybridized carbons (Fsp3) is 0.259. The zero-order valence-electron chi connectivity index (χ0n) is 19.1. The molecule has 178 valence electrons. The molecule has 3 rings (SSSR count). The van der Waals surface area contributed by atoms with Crippen molar-refractivity contribution in [2.75, 3.05) is 0 Å². The molecule has 0 spiro atoms. The van der Waals surface area contributed by atoms with E-state index < -0.39 is 6.04 Å². The van der Waals surface area contributed by atoms with E-state index in [1.54, 1.807) is 35.2 Å². The van der Waals surface area contributed by atoms with Crippen molar-refractivity contribution in [1.82, 2.24) is 10.2 Å². The molecule has 0 aliphatic rings. The maximum Gasteiger partial charge on any atom is 0.243 e. The minimum atomic E-state index is -0.698. The van der Waals surface area contributed by atoms with Crippen molar-refractivity contribution in [3.8, 4) is 0 Å². The van der Waals surface area contributed by atoms with Crippen molar-refractivity contribution in [3.63, 3.8) is 0 Å². The zero-order valence-corrected chi connectivity index (χ0v) is 21.4. The average Bonchev–Trinajstić information content (AvgIpc) is 2.80. The molecule has 1 N–H and O–H groups in total. The van der Waals surface area contributed by atoms with Crippen molar-refractivity contribution in [3.05, 3.63) is 105 Å². The highest BCUT2D eigenvalue weighted by atomic mass is 35.5. The van der Waals surface area contributed by atoms with Gasteiger partial charge in [0.2, 0.25) is 11.8 Å². The second kappa shape index (κ2) is 12.3. The van der Waals surface area contributed by atoms with Crippen molar-refractivity contribution in [2.24, 2.45) is 0 Å². The molecule has 0 fully saturated rings. The van der Waals surface area contributed by atoms with Gasteiger partial charge in [0.1, 0.15) is 6.04 Å². The molecule has 0 aliphatic carbocycles. The van der Waals surface area contributed by atoms with Crippen LogP contribution >= 0.6 is 34.8 Å². The number of carbonyl (C=O) groups is 2. The molecule has 0 aliphatic heterocycles. The van der Waals surface area contributed by atoms with Gasteiger partial charge in [-0.2, -0.15) is 0 Å². The van der Waals surface area contributed by atoms with E-state index in [1.165, 1.54) is 0 Å². The molecule has 0 saturated carbocycles. The van der Waals surface area contributed by atoms with Crippen LogP contribution in [0.4, 0.5) is 0 Å². The van der Waals surface area contributed by atoms with Gasteiger partial charge in [-0.1, -0.05) is 83.3 Å². The Hall–Kier alpha value is -2.53. The number of rotatable bonds is 9. The van der Waals surface area contributed by atoms with Gasteiger partial charge >= 0.3 is 0 Å². The molecule has 1 atom stereocenters. The van der Waals surface area contributed by atoms with Crippen LogP contribution in [0.5, 0.6) is 0 Å². The van der Waals surface area contributed by atoms with Crippen molar-refractivity contribution < 1.29 is 9.59 Å². The molecule has 0 bridgehead atoms. The topological polar surface area (TPSA) is 49.4 Å². The Morgan fingerprint density at radius 2 is 1.47 bits per heavy atom. The van der Waals surface area contributed by atoms with Gasteiger partial charge in [-0.05, 0) is 54.8 Å². The van der Waals surface area contributed by atoms with E-state index in [-0.39, 0.29) is 30.8 Å². The fourth-order valence-corrected chi connectivity index (χ4v) is 4.09. The molecule has 3 aromatic rings. The lowest BCUT2D eigenvalue weighted by atomic mass is 10.0. The third kappa shape index (κ3) is 7.49. The Kier molecular flexibility index (Phi) is 9.40. The van der Waals surface area contributed by atoms with E-state index in [0.717, 1.165) is 16.7 Å². The maximum atomic E-state index is 13.6. The Labute approximate surface area is 215 Å². The van der Waals surface area contributed by atoms with E-state index in [9.17, 15) is 9.59 Å². The molecule has 7 heteroatoms. The van der Waals surface area contributed by atoms with Crippen molar-refractivity contribution >= 4 is 46.6 Å². The molecule has 0 heterocycles. The van der Waals surface area contributed by atoms with Crippen LogP contribution in [-0.2, 0) is 29.0 Å². The Bertz CT molecular complexity index is 1120. The number of nitrogens with zero attached hydrogens (tertiary/aromatic N) is 1. The largest absolute Gasteiger partial charge is 0.352 e. The quantitative estimate of drug-likeness (QED) is 0.359. The smallest absolute Gasteiger partial charge is 0.243 e. The lowest BCUT2D eigenvalue weighted by Crippen LogP contribution is -2.52. The summed E-state index contributed by atoms with van der Waals surface area (Å²) < 4.78 is 0. The molecular formula is C27H27Cl3N2O2. The number of hydrogen-bond acceptors (Lipinski definition) is 2. The van der Waals surface area contributed by atoms with E-state index in [1.807, 2.05) is 56.3 Å². The summed E-state index contributed by atoms with van der Waals surface area (Å²) in [4.78, 5) is 28.6. The van der Waals surface area contributed by atoms with Gasteiger partial charge in [0.15, 0.2) is 0 Å². The van der Waals surface area contributed by atoms with Gasteiger partial charge in [-0.3, -0.25) is 9.59 Å². The second-order valence-electron chi connectivity index (χ2n) is 8.44. The molecule has 0 aromatic heterocycles. The first-order chi connectivity index (χ1) is 16.2. The number of halogens is 3. The van der Waals surface area contributed by atoms with E-state index in [0.29, 0.717) is 21.5 Å². The summed E-state index contributed by atoms with van der Waals surface area (Å²) in [6, 6.07) is 21.3.